The second-order valence-electron chi connectivity index (χ2n) is 3.81. The molecule has 0 aromatic rings. The molecule has 0 aliphatic rings. The number of carbonyl (C=O) groups excluding carboxylic acids is 1. The molecule has 0 saturated heterocycles. The summed E-state index contributed by atoms with van der Waals surface area (Å²) in [6.07, 6.45) is 0.649. The van der Waals surface area contributed by atoms with Gasteiger partial charge >= 0.3 is 5.97 Å². The molecule has 0 rings (SSSR count). The Morgan fingerprint density at radius 3 is 2.33 bits per heavy atom. The predicted octanol–water partition coefficient (Wildman–Crippen LogP) is 1.20. The van der Waals surface area contributed by atoms with E-state index in [1.807, 2.05) is 13.8 Å². The first kappa shape index (κ1) is 11.4. The lowest BCUT2D eigenvalue weighted by Gasteiger charge is -2.25. The molecule has 0 aliphatic heterocycles. The standard InChI is InChI=1S/C9H18O3/c1-7(2)5-9(3,6-10)8(11)12-4/h7,10H,5-6H2,1-4H3. The van der Waals surface area contributed by atoms with Crippen LogP contribution >= 0.6 is 0 Å². The van der Waals surface area contributed by atoms with Gasteiger partial charge in [-0.25, -0.2) is 0 Å². The fraction of sp³-hybridized carbons (Fsp3) is 0.889. The Labute approximate surface area is 73.7 Å². The smallest absolute Gasteiger partial charge is 0.313 e. The highest BCUT2D eigenvalue weighted by molar-refractivity contribution is 5.76. The van der Waals surface area contributed by atoms with E-state index in [4.69, 9.17) is 5.11 Å². The number of rotatable bonds is 4. The molecule has 3 nitrogen and oxygen atoms in total. The molecule has 0 heterocycles. The van der Waals surface area contributed by atoms with E-state index in [-0.39, 0.29) is 12.6 Å². The van der Waals surface area contributed by atoms with Crippen LogP contribution in [-0.4, -0.2) is 24.8 Å². The Balaban J connectivity index is 4.33. The first-order chi connectivity index (χ1) is 5.46. The minimum atomic E-state index is -0.733. The van der Waals surface area contributed by atoms with Crippen molar-refractivity contribution in [3.05, 3.63) is 0 Å². The number of aliphatic hydroxyl groups excluding tert-OH is 1. The highest BCUT2D eigenvalue weighted by Gasteiger charge is 2.34. The molecule has 0 amide bonds. The molecule has 1 N–H and O–H groups in total. The second kappa shape index (κ2) is 4.45. The Hall–Kier alpha value is -0.570. The van der Waals surface area contributed by atoms with Crippen molar-refractivity contribution in [3.63, 3.8) is 0 Å². The normalized spacial score (nSPS) is 15.8. The van der Waals surface area contributed by atoms with Crippen molar-refractivity contribution in [1.82, 2.24) is 0 Å². The van der Waals surface area contributed by atoms with Crippen LogP contribution in [-0.2, 0) is 9.53 Å². The van der Waals surface area contributed by atoms with Gasteiger partial charge in [0.2, 0.25) is 0 Å². The molecule has 0 bridgehead atoms. The molecule has 1 unspecified atom stereocenters. The molecule has 0 radical (unpaired) electrons. The molecule has 0 spiro atoms. The third kappa shape index (κ3) is 2.81. The Bertz CT molecular complexity index is 154. The van der Waals surface area contributed by atoms with Crippen molar-refractivity contribution in [2.45, 2.75) is 27.2 Å². The number of hydrogen-bond acceptors (Lipinski definition) is 3. The monoisotopic (exact) mass is 174 g/mol. The second-order valence-corrected chi connectivity index (χ2v) is 3.81. The number of methoxy groups -OCH3 is 1. The average Bonchev–Trinajstić information content (AvgIpc) is 2.01. The van der Waals surface area contributed by atoms with Crippen LogP contribution < -0.4 is 0 Å². The largest absolute Gasteiger partial charge is 0.469 e. The summed E-state index contributed by atoms with van der Waals surface area (Å²) in [4.78, 5) is 11.2. The van der Waals surface area contributed by atoms with E-state index in [1.54, 1.807) is 6.92 Å². The van der Waals surface area contributed by atoms with Crippen LogP contribution in [0.1, 0.15) is 27.2 Å². The van der Waals surface area contributed by atoms with Crippen molar-refractivity contribution >= 4 is 5.97 Å². The summed E-state index contributed by atoms with van der Waals surface area (Å²) in [5, 5.41) is 9.03. The van der Waals surface area contributed by atoms with Crippen LogP contribution in [0.4, 0.5) is 0 Å². The van der Waals surface area contributed by atoms with Crippen LogP contribution in [0.2, 0.25) is 0 Å². The zero-order valence-corrected chi connectivity index (χ0v) is 8.26. The van der Waals surface area contributed by atoms with Gasteiger partial charge in [0.05, 0.1) is 19.1 Å². The summed E-state index contributed by atoms with van der Waals surface area (Å²) in [5.74, 6) is 0.0416. The van der Waals surface area contributed by atoms with Gasteiger partial charge in [-0.2, -0.15) is 0 Å². The molecule has 0 aliphatic carbocycles. The van der Waals surface area contributed by atoms with E-state index in [0.29, 0.717) is 12.3 Å². The van der Waals surface area contributed by atoms with Crippen molar-refractivity contribution in [1.29, 1.82) is 0 Å². The lowest BCUT2D eigenvalue weighted by atomic mass is 9.83. The molecular formula is C9H18O3. The third-order valence-electron chi connectivity index (χ3n) is 1.89. The molecule has 0 aromatic heterocycles. The van der Waals surface area contributed by atoms with Crippen molar-refractivity contribution in [2.24, 2.45) is 11.3 Å². The fourth-order valence-electron chi connectivity index (χ4n) is 1.36. The van der Waals surface area contributed by atoms with Gasteiger partial charge in [-0.05, 0) is 19.3 Å². The van der Waals surface area contributed by atoms with Crippen molar-refractivity contribution in [3.8, 4) is 0 Å². The highest BCUT2D eigenvalue weighted by atomic mass is 16.5. The zero-order valence-electron chi connectivity index (χ0n) is 8.26. The van der Waals surface area contributed by atoms with Crippen LogP contribution in [0.3, 0.4) is 0 Å². The summed E-state index contributed by atoms with van der Waals surface area (Å²) < 4.78 is 4.61. The lowest BCUT2D eigenvalue weighted by Crippen LogP contribution is -2.34. The maximum absolute atomic E-state index is 11.2. The molecule has 12 heavy (non-hydrogen) atoms. The number of aliphatic hydroxyl groups is 1. The predicted molar refractivity (Wildman–Crippen MR) is 46.7 cm³/mol. The first-order valence-electron chi connectivity index (χ1n) is 4.15. The molecule has 0 aromatic carbocycles. The number of carbonyl (C=O) groups is 1. The van der Waals surface area contributed by atoms with E-state index >= 15 is 0 Å². The van der Waals surface area contributed by atoms with E-state index in [2.05, 4.69) is 4.74 Å². The first-order valence-corrected chi connectivity index (χ1v) is 4.15. The van der Waals surface area contributed by atoms with E-state index < -0.39 is 5.41 Å². The highest BCUT2D eigenvalue weighted by Crippen LogP contribution is 2.26. The van der Waals surface area contributed by atoms with Crippen molar-refractivity contribution in [2.75, 3.05) is 13.7 Å². The summed E-state index contributed by atoms with van der Waals surface area (Å²) in [6, 6.07) is 0. The van der Waals surface area contributed by atoms with Gasteiger partial charge in [-0.3, -0.25) is 4.79 Å². The maximum atomic E-state index is 11.2. The number of esters is 1. The van der Waals surface area contributed by atoms with Crippen LogP contribution in [0.25, 0.3) is 0 Å². The van der Waals surface area contributed by atoms with Crippen LogP contribution in [0, 0.1) is 11.3 Å². The van der Waals surface area contributed by atoms with E-state index in [1.165, 1.54) is 7.11 Å². The maximum Gasteiger partial charge on any atom is 0.313 e. The quantitative estimate of drug-likeness (QED) is 0.651. The Morgan fingerprint density at radius 2 is 2.08 bits per heavy atom. The number of ether oxygens (including phenoxy) is 1. The van der Waals surface area contributed by atoms with Gasteiger partial charge in [-0.1, -0.05) is 13.8 Å². The van der Waals surface area contributed by atoms with Crippen LogP contribution in [0.5, 0.6) is 0 Å². The van der Waals surface area contributed by atoms with E-state index in [9.17, 15) is 4.79 Å². The Morgan fingerprint density at radius 1 is 1.58 bits per heavy atom. The van der Waals surface area contributed by atoms with Gasteiger partial charge < -0.3 is 9.84 Å². The van der Waals surface area contributed by atoms with Crippen molar-refractivity contribution < 1.29 is 14.6 Å². The molecular weight excluding hydrogens is 156 g/mol. The Kier molecular flexibility index (Phi) is 4.24. The van der Waals surface area contributed by atoms with Crippen LogP contribution in [0.15, 0.2) is 0 Å². The molecule has 1 atom stereocenters. The van der Waals surface area contributed by atoms with Gasteiger partial charge in [0.15, 0.2) is 0 Å². The SMILES string of the molecule is COC(=O)C(C)(CO)CC(C)C. The van der Waals surface area contributed by atoms with Gasteiger partial charge in [-0.15, -0.1) is 0 Å². The average molecular weight is 174 g/mol. The minimum absolute atomic E-state index is 0.155. The van der Waals surface area contributed by atoms with Gasteiger partial charge in [0.25, 0.3) is 0 Å². The summed E-state index contributed by atoms with van der Waals surface area (Å²) >= 11 is 0. The molecule has 3 heteroatoms. The minimum Gasteiger partial charge on any atom is -0.469 e. The van der Waals surface area contributed by atoms with E-state index in [0.717, 1.165) is 0 Å². The topological polar surface area (TPSA) is 46.5 Å². The molecule has 0 saturated carbocycles. The fourth-order valence-corrected chi connectivity index (χ4v) is 1.36. The summed E-state index contributed by atoms with van der Waals surface area (Å²) in [6.45, 7) is 5.59. The third-order valence-corrected chi connectivity index (χ3v) is 1.89. The molecule has 0 fully saturated rings. The van der Waals surface area contributed by atoms with Gasteiger partial charge in [0, 0.05) is 0 Å². The molecule has 72 valence electrons. The zero-order chi connectivity index (χ0) is 9.78. The summed E-state index contributed by atoms with van der Waals surface area (Å²) in [5.41, 5.74) is -0.733. The summed E-state index contributed by atoms with van der Waals surface area (Å²) in [7, 11) is 1.34. The van der Waals surface area contributed by atoms with Gasteiger partial charge in [0.1, 0.15) is 0 Å². The number of hydrogen-bond donors (Lipinski definition) is 1. The lowest BCUT2D eigenvalue weighted by molar-refractivity contribution is -0.155.